The van der Waals surface area contributed by atoms with Gasteiger partial charge < -0.3 is 0 Å². The summed E-state index contributed by atoms with van der Waals surface area (Å²) in [5, 5.41) is 0. The van der Waals surface area contributed by atoms with E-state index in [1.54, 1.807) is 0 Å². The molecule has 0 amide bonds. The zero-order chi connectivity index (χ0) is 14.2. The highest BCUT2D eigenvalue weighted by molar-refractivity contribution is 5.67. The van der Waals surface area contributed by atoms with Crippen molar-refractivity contribution in [3.05, 3.63) is 60.1 Å². The highest BCUT2D eigenvalue weighted by Gasteiger charge is 2.06. The van der Waals surface area contributed by atoms with Crippen LogP contribution in [0.3, 0.4) is 0 Å². The number of rotatable bonds is 2. The van der Waals surface area contributed by atoms with Crippen LogP contribution in [0.1, 0.15) is 30.8 Å². The average Bonchev–Trinajstić information content (AvgIpc) is 2.40. The van der Waals surface area contributed by atoms with Crippen molar-refractivity contribution >= 4 is 0 Å². The Balaban J connectivity index is 2.73. The van der Waals surface area contributed by atoms with Crippen LogP contribution in [-0.2, 0) is 0 Å². The van der Waals surface area contributed by atoms with E-state index in [0.29, 0.717) is 11.5 Å². The highest BCUT2D eigenvalue weighted by Crippen LogP contribution is 2.28. The van der Waals surface area contributed by atoms with E-state index in [9.17, 15) is 0 Å². The highest BCUT2D eigenvalue weighted by atomic mass is 14.1. The molecular formula is C15H16. The van der Waals surface area contributed by atoms with Crippen LogP contribution < -0.4 is 0 Å². The molecule has 0 fully saturated rings. The molecule has 2 aromatic rings. The van der Waals surface area contributed by atoms with Gasteiger partial charge >= 0.3 is 0 Å². The fraction of sp³-hybridized carbons (Fsp3) is 0.200. The number of benzene rings is 2. The molecule has 0 aromatic heterocycles. The summed E-state index contributed by atoms with van der Waals surface area (Å²) in [6.45, 7) is 4.15. The fourth-order valence-corrected chi connectivity index (χ4v) is 1.67. The summed E-state index contributed by atoms with van der Waals surface area (Å²) in [5.41, 5.74) is 2.53. The molecule has 15 heavy (non-hydrogen) atoms. The maximum Gasteiger partial charge on any atom is 0.0629 e. The summed E-state index contributed by atoms with van der Waals surface area (Å²) in [5.74, 6) is 0.301. The SMILES string of the molecule is [2H]c1cc(-c2ccccc2C(C)C)c([2H])c([2H])c1[2H]. The Bertz CT molecular complexity index is 618. The molecular weight excluding hydrogens is 180 g/mol. The predicted octanol–water partition coefficient (Wildman–Crippen LogP) is 4.48. The number of hydrogen-bond donors (Lipinski definition) is 0. The van der Waals surface area contributed by atoms with Crippen LogP contribution in [0.25, 0.3) is 11.1 Å². The average molecular weight is 200 g/mol. The van der Waals surface area contributed by atoms with E-state index in [-0.39, 0.29) is 24.2 Å². The van der Waals surface area contributed by atoms with E-state index in [0.717, 1.165) is 11.1 Å². The largest absolute Gasteiger partial charge is 0.0629 e. The van der Waals surface area contributed by atoms with E-state index in [1.807, 2.05) is 24.3 Å². The zero-order valence-electron chi connectivity index (χ0n) is 13.0. The van der Waals surface area contributed by atoms with Crippen LogP contribution in [0.2, 0.25) is 0 Å². The van der Waals surface area contributed by atoms with Gasteiger partial charge in [-0.05, 0) is 22.6 Å². The molecule has 2 rings (SSSR count). The molecule has 0 bridgehead atoms. The van der Waals surface area contributed by atoms with Crippen molar-refractivity contribution in [1.29, 1.82) is 0 Å². The van der Waals surface area contributed by atoms with Crippen LogP contribution in [0.4, 0.5) is 0 Å². The van der Waals surface area contributed by atoms with E-state index in [4.69, 9.17) is 5.48 Å². The maximum atomic E-state index is 8.02. The summed E-state index contributed by atoms with van der Waals surface area (Å²) in [6, 6.07) is 8.92. The quantitative estimate of drug-likeness (QED) is 0.670. The van der Waals surface area contributed by atoms with Crippen molar-refractivity contribution in [2.75, 3.05) is 0 Å². The Morgan fingerprint density at radius 3 is 2.60 bits per heavy atom. The molecule has 76 valence electrons. The summed E-state index contributed by atoms with van der Waals surface area (Å²) in [6.07, 6.45) is 0. The fourth-order valence-electron chi connectivity index (χ4n) is 1.67. The smallest absolute Gasteiger partial charge is 0.0622 e. The Kier molecular flexibility index (Phi) is 1.76. The molecule has 0 aliphatic rings. The van der Waals surface area contributed by atoms with Crippen molar-refractivity contribution in [3.63, 3.8) is 0 Å². The molecule has 0 saturated heterocycles. The van der Waals surface area contributed by atoms with Gasteiger partial charge in [-0.15, -0.1) is 0 Å². The van der Waals surface area contributed by atoms with Crippen molar-refractivity contribution in [3.8, 4) is 11.1 Å². The molecule has 0 spiro atoms. The van der Waals surface area contributed by atoms with Crippen molar-refractivity contribution in [2.45, 2.75) is 19.8 Å². The first-order chi connectivity index (χ1) is 8.93. The van der Waals surface area contributed by atoms with Crippen LogP contribution in [0.5, 0.6) is 0 Å². The first-order valence-corrected chi connectivity index (χ1v) is 5.10. The van der Waals surface area contributed by atoms with E-state index >= 15 is 0 Å². The predicted molar refractivity (Wildman–Crippen MR) is 66.0 cm³/mol. The van der Waals surface area contributed by atoms with E-state index in [1.165, 1.54) is 6.07 Å². The van der Waals surface area contributed by atoms with Gasteiger partial charge in [0, 0.05) is 0 Å². The van der Waals surface area contributed by atoms with Crippen molar-refractivity contribution in [1.82, 2.24) is 0 Å². The van der Waals surface area contributed by atoms with Gasteiger partial charge in [0.25, 0.3) is 0 Å². The molecule has 0 nitrogen and oxygen atoms in total. The lowest BCUT2D eigenvalue weighted by Gasteiger charge is -2.12. The van der Waals surface area contributed by atoms with Crippen molar-refractivity contribution in [2.24, 2.45) is 0 Å². The normalized spacial score (nSPS) is 14.3. The second kappa shape index (κ2) is 4.31. The molecule has 0 atom stereocenters. The maximum absolute atomic E-state index is 8.02. The summed E-state index contributed by atoms with van der Waals surface area (Å²) < 4.78 is 31.1. The first kappa shape index (κ1) is 6.12. The lowest BCUT2D eigenvalue weighted by Crippen LogP contribution is -1.91. The molecule has 2 aromatic carbocycles. The van der Waals surface area contributed by atoms with Gasteiger partial charge in [-0.25, -0.2) is 0 Å². The molecule has 0 unspecified atom stereocenters. The summed E-state index contributed by atoms with van der Waals surface area (Å²) >= 11 is 0. The Morgan fingerprint density at radius 2 is 1.80 bits per heavy atom. The third-order valence-corrected chi connectivity index (χ3v) is 2.42. The summed E-state index contributed by atoms with van der Waals surface area (Å²) in [7, 11) is 0. The Hall–Kier alpha value is -1.56. The Labute approximate surface area is 97.2 Å². The molecule has 0 heteroatoms. The zero-order valence-corrected chi connectivity index (χ0v) is 8.96. The topological polar surface area (TPSA) is 0 Å². The van der Waals surface area contributed by atoms with Crippen LogP contribution in [-0.4, -0.2) is 0 Å². The van der Waals surface area contributed by atoms with Gasteiger partial charge in [0.1, 0.15) is 0 Å². The van der Waals surface area contributed by atoms with Crippen LogP contribution >= 0.6 is 0 Å². The van der Waals surface area contributed by atoms with E-state index < -0.39 is 0 Å². The van der Waals surface area contributed by atoms with Crippen LogP contribution in [0.15, 0.2) is 54.5 Å². The minimum atomic E-state index is -0.184. The second-order valence-corrected chi connectivity index (χ2v) is 3.82. The lowest BCUT2D eigenvalue weighted by molar-refractivity contribution is 0.869. The minimum absolute atomic E-state index is 0.00504. The number of hydrogen-bond acceptors (Lipinski definition) is 0. The molecule has 0 aliphatic carbocycles. The van der Waals surface area contributed by atoms with Gasteiger partial charge in [0.2, 0.25) is 0 Å². The third-order valence-electron chi connectivity index (χ3n) is 2.42. The third kappa shape index (κ3) is 2.10. The summed E-state index contributed by atoms with van der Waals surface area (Å²) in [4.78, 5) is 0. The van der Waals surface area contributed by atoms with Gasteiger partial charge in [0.05, 0.1) is 5.48 Å². The molecule has 0 radical (unpaired) electrons. The van der Waals surface area contributed by atoms with Crippen LogP contribution in [0, 0.1) is 0 Å². The molecule has 0 heterocycles. The first-order valence-electron chi connectivity index (χ1n) is 7.10. The standard InChI is InChI=1S/C15H16/c1-12(2)14-10-6-7-11-15(14)13-8-4-3-5-9-13/h3-12H,1-2H3/i3D,4D,5D,8D. The molecule has 0 saturated carbocycles. The van der Waals surface area contributed by atoms with Gasteiger partial charge in [-0.1, -0.05) is 68.3 Å². The van der Waals surface area contributed by atoms with Gasteiger partial charge in [-0.3, -0.25) is 0 Å². The Morgan fingerprint density at radius 1 is 1.00 bits per heavy atom. The molecule has 0 N–H and O–H groups in total. The van der Waals surface area contributed by atoms with Crippen molar-refractivity contribution < 1.29 is 5.48 Å². The monoisotopic (exact) mass is 200 g/mol. The van der Waals surface area contributed by atoms with Gasteiger partial charge in [-0.2, -0.15) is 0 Å². The lowest BCUT2D eigenvalue weighted by atomic mass is 9.93. The second-order valence-electron chi connectivity index (χ2n) is 3.82. The van der Waals surface area contributed by atoms with E-state index in [2.05, 4.69) is 13.8 Å². The molecule has 0 aliphatic heterocycles. The minimum Gasteiger partial charge on any atom is -0.0622 e. The van der Waals surface area contributed by atoms with Gasteiger partial charge in [0.15, 0.2) is 0 Å².